The van der Waals surface area contributed by atoms with Gasteiger partial charge in [-0.3, -0.25) is 4.90 Å². The summed E-state index contributed by atoms with van der Waals surface area (Å²) in [5.74, 6) is 0. The summed E-state index contributed by atoms with van der Waals surface area (Å²) in [5.41, 5.74) is 6.85. The first-order chi connectivity index (χ1) is 6.38. The molecule has 0 radical (unpaired) electrons. The van der Waals surface area contributed by atoms with Crippen LogP contribution in [-0.2, 0) is 0 Å². The normalized spacial score (nSPS) is 29.5. The molecule has 3 heteroatoms. The standard InChI is InChI=1S/C10H17N3/c11-9-5-4-6-12-10(9)13-7-2-1-3-8-13/h4-6,10,12H,1-3,7-8,11H2. The Morgan fingerprint density at radius 2 is 2.08 bits per heavy atom. The van der Waals surface area contributed by atoms with E-state index < -0.39 is 0 Å². The van der Waals surface area contributed by atoms with E-state index in [1.54, 1.807) is 0 Å². The fraction of sp³-hybridized carbons (Fsp3) is 0.600. The summed E-state index contributed by atoms with van der Waals surface area (Å²) in [6, 6.07) is 0. The summed E-state index contributed by atoms with van der Waals surface area (Å²) in [7, 11) is 0. The highest BCUT2D eigenvalue weighted by Gasteiger charge is 2.21. The number of nitrogens with one attached hydrogen (secondary N) is 1. The molecule has 0 bridgehead atoms. The summed E-state index contributed by atoms with van der Waals surface area (Å²) in [5, 5.41) is 3.29. The summed E-state index contributed by atoms with van der Waals surface area (Å²) in [6.45, 7) is 2.33. The van der Waals surface area contributed by atoms with Gasteiger partial charge in [-0.05, 0) is 31.2 Å². The van der Waals surface area contributed by atoms with E-state index in [1.807, 2.05) is 18.4 Å². The molecule has 0 aromatic carbocycles. The molecule has 2 aliphatic rings. The van der Waals surface area contributed by atoms with Crippen molar-refractivity contribution in [2.24, 2.45) is 5.73 Å². The SMILES string of the molecule is NC1=CC=CNC1N1CCCCC1. The Morgan fingerprint density at radius 1 is 1.31 bits per heavy atom. The molecular weight excluding hydrogens is 162 g/mol. The Hall–Kier alpha value is -0.960. The zero-order valence-electron chi connectivity index (χ0n) is 7.87. The number of nitrogens with two attached hydrogens (primary N) is 1. The average molecular weight is 179 g/mol. The summed E-state index contributed by atoms with van der Waals surface area (Å²) >= 11 is 0. The van der Waals surface area contributed by atoms with Crippen LogP contribution < -0.4 is 11.1 Å². The smallest absolute Gasteiger partial charge is 0.120 e. The monoisotopic (exact) mass is 179 g/mol. The molecule has 13 heavy (non-hydrogen) atoms. The molecule has 2 heterocycles. The van der Waals surface area contributed by atoms with Crippen LogP contribution >= 0.6 is 0 Å². The summed E-state index contributed by atoms with van der Waals surface area (Å²) < 4.78 is 0. The molecule has 2 rings (SSSR count). The highest BCUT2D eigenvalue weighted by molar-refractivity contribution is 5.19. The minimum Gasteiger partial charge on any atom is -0.399 e. The van der Waals surface area contributed by atoms with E-state index in [1.165, 1.54) is 32.4 Å². The Kier molecular flexibility index (Phi) is 2.54. The van der Waals surface area contributed by atoms with Crippen molar-refractivity contribution >= 4 is 0 Å². The lowest BCUT2D eigenvalue weighted by molar-refractivity contribution is 0.168. The van der Waals surface area contributed by atoms with Crippen LogP contribution in [0.5, 0.6) is 0 Å². The molecule has 3 N–H and O–H groups in total. The van der Waals surface area contributed by atoms with Crippen molar-refractivity contribution in [3.8, 4) is 0 Å². The first-order valence-corrected chi connectivity index (χ1v) is 5.00. The summed E-state index contributed by atoms with van der Waals surface area (Å²) in [4.78, 5) is 2.42. The van der Waals surface area contributed by atoms with Crippen molar-refractivity contribution in [1.82, 2.24) is 10.2 Å². The van der Waals surface area contributed by atoms with Crippen LogP contribution in [0.15, 0.2) is 24.0 Å². The van der Waals surface area contributed by atoms with E-state index in [0.29, 0.717) is 0 Å². The van der Waals surface area contributed by atoms with Gasteiger partial charge in [0.2, 0.25) is 0 Å². The van der Waals surface area contributed by atoms with Crippen LogP contribution in [0.1, 0.15) is 19.3 Å². The molecule has 0 aromatic rings. The van der Waals surface area contributed by atoms with Gasteiger partial charge in [-0.25, -0.2) is 0 Å². The van der Waals surface area contributed by atoms with Crippen LogP contribution in [0, 0.1) is 0 Å². The van der Waals surface area contributed by atoms with Crippen molar-refractivity contribution in [1.29, 1.82) is 0 Å². The van der Waals surface area contributed by atoms with Crippen LogP contribution in [0.4, 0.5) is 0 Å². The van der Waals surface area contributed by atoms with Crippen LogP contribution in [-0.4, -0.2) is 24.2 Å². The maximum Gasteiger partial charge on any atom is 0.120 e. The number of allylic oxidation sites excluding steroid dienone is 2. The zero-order chi connectivity index (χ0) is 9.10. The number of rotatable bonds is 1. The van der Waals surface area contributed by atoms with Crippen LogP contribution in [0.25, 0.3) is 0 Å². The third-order valence-electron chi connectivity index (χ3n) is 2.71. The minimum absolute atomic E-state index is 0.241. The molecule has 1 fully saturated rings. The zero-order valence-corrected chi connectivity index (χ0v) is 7.87. The van der Waals surface area contributed by atoms with Gasteiger partial charge in [0.15, 0.2) is 0 Å². The molecule has 1 unspecified atom stereocenters. The van der Waals surface area contributed by atoms with Gasteiger partial charge in [-0.2, -0.15) is 0 Å². The molecule has 0 aliphatic carbocycles. The topological polar surface area (TPSA) is 41.3 Å². The van der Waals surface area contributed by atoms with Crippen LogP contribution in [0.2, 0.25) is 0 Å². The second kappa shape index (κ2) is 3.83. The lowest BCUT2D eigenvalue weighted by Gasteiger charge is -2.35. The quantitative estimate of drug-likeness (QED) is 0.624. The molecule has 1 saturated heterocycles. The predicted molar refractivity (Wildman–Crippen MR) is 53.8 cm³/mol. The van der Waals surface area contributed by atoms with Gasteiger partial charge < -0.3 is 11.1 Å². The number of hydrogen-bond donors (Lipinski definition) is 2. The number of piperidine rings is 1. The molecule has 0 saturated carbocycles. The predicted octanol–water partition coefficient (Wildman–Crippen LogP) is 0.758. The third-order valence-corrected chi connectivity index (χ3v) is 2.71. The lowest BCUT2D eigenvalue weighted by Crippen LogP contribution is -2.49. The minimum atomic E-state index is 0.241. The van der Waals surface area contributed by atoms with Gasteiger partial charge in [0.1, 0.15) is 6.17 Å². The fourth-order valence-corrected chi connectivity index (χ4v) is 1.99. The molecule has 3 nitrogen and oxygen atoms in total. The van der Waals surface area contributed by atoms with Gasteiger partial charge in [-0.15, -0.1) is 0 Å². The van der Waals surface area contributed by atoms with Crippen molar-refractivity contribution in [2.45, 2.75) is 25.4 Å². The highest BCUT2D eigenvalue weighted by atomic mass is 15.3. The molecule has 2 aliphatic heterocycles. The molecule has 0 spiro atoms. The van der Waals surface area contributed by atoms with Crippen molar-refractivity contribution in [3.05, 3.63) is 24.0 Å². The molecule has 72 valence electrons. The third kappa shape index (κ3) is 1.86. The number of dihydropyridines is 1. The fourth-order valence-electron chi connectivity index (χ4n) is 1.99. The van der Waals surface area contributed by atoms with Crippen LogP contribution in [0.3, 0.4) is 0 Å². The largest absolute Gasteiger partial charge is 0.399 e. The Morgan fingerprint density at radius 3 is 2.77 bits per heavy atom. The van der Waals surface area contributed by atoms with Crippen molar-refractivity contribution in [2.75, 3.05) is 13.1 Å². The number of likely N-dealkylation sites (tertiary alicyclic amines) is 1. The van der Waals surface area contributed by atoms with Gasteiger partial charge >= 0.3 is 0 Å². The molecular formula is C10H17N3. The maximum absolute atomic E-state index is 5.92. The van der Waals surface area contributed by atoms with Gasteiger partial charge in [0.25, 0.3) is 0 Å². The van der Waals surface area contributed by atoms with Crippen molar-refractivity contribution < 1.29 is 0 Å². The maximum atomic E-state index is 5.92. The second-order valence-corrected chi connectivity index (χ2v) is 3.69. The molecule has 0 amide bonds. The van der Waals surface area contributed by atoms with E-state index in [9.17, 15) is 0 Å². The summed E-state index contributed by atoms with van der Waals surface area (Å²) in [6.07, 6.45) is 10.1. The Labute approximate surface area is 79.3 Å². The number of nitrogens with zero attached hydrogens (tertiary/aromatic N) is 1. The van der Waals surface area contributed by atoms with Crippen molar-refractivity contribution in [3.63, 3.8) is 0 Å². The lowest BCUT2D eigenvalue weighted by atomic mass is 10.1. The highest BCUT2D eigenvalue weighted by Crippen LogP contribution is 2.14. The van der Waals surface area contributed by atoms with Gasteiger partial charge in [-0.1, -0.05) is 6.42 Å². The Balaban J connectivity index is 1.99. The van der Waals surface area contributed by atoms with E-state index in [-0.39, 0.29) is 6.17 Å². The van der Waals surface area contributed by atoms with E-state index >= 15 is 0 Å². The second-order valence-electron chi connectivity index (χ2n) is 3.69. The van der Waals surface area contributed by atoms with Gasteiger partial charge in [0, 0.05) is 18.8 Å². The Bertz CT molecular complexity index is 226. The van der Waals surface area contributed by atoms with Gasteiger partial charge in [0.05, 0.1) is 0 Å². The molecule has 1 atom stereocenters. The first-order valence-electron chi connectivity index (χ1n) is 5.00. The first kappa shape index (κ1) is 8.63. The van der Waals surface area contributed by atoms with E-state index in [0.717, 1.165) is 5.70 Å². The molecule has 0 aromatic heterocycles. The van der Waals surface area contributed by atoms with E-state index in [2.05, 4.69) is 10.2 Å². The van der Waals surface area contributed by atoms with E-state index in [4.69, 9.17) is 5.73 Å². The average Bonchev–Trinajstić information content (AvgIpc) is 2.20. The number of hydrogen-bond acceptors (Lipinski definition) is 3.